The van der Waals surface area contributed by atoms with Gasteiger partial charge >= 0.3 is 0 Å². The van der Waals surface area contributed by atoms with Crippen molar-refractivity contribution in [3.63, 3.8) is 0 Å². The molecule has 1 fully saturated rings. The van der Waals surface area contributed by atoms with Crippen LogP contribution in [0.3, 0.4) is 0 Å². The summed E-state index contributed by atoms with van der Waals surface area (Å²) in [6.45, 7) is 0.457. The number of hydrogen-bond donors (Lipinski definition) is 1. The molecule has 0 bridgehead atoms. The van der Waals surface area contributed by atoms with Gasteiger partial charge in [0.15, 0.2) is 0 Å². The van der Waals surface area contributed by atoms with Gasteiger partial charge in [-0.2, -0.15) is 5.10 Å². The van der Waals surface area contributed by atoms with E-state index in [0.29, 0.717) is 12.5 Å². The summed E-state index contributed by atoms with van der Waals surface area (Å²) in [5.74, 6) is -1.60. The van der Waals surface area contributed by atoms with E-state index in [1.807, 2.05) is 22.9 Å². The molecule has 2 heterocycles. The predicted octanol–water partition coefficient (Wildman–Crippen LogP) is 3.22. The number of pyridine rings is 1. The Morgan fingerprint density at radius 3 is 2.59 bits per heavy atom. The minimum absolute atomic E-state index is 0.108. The lowest BCUT2D eigenvalue weighted by molar-refractivity contribution is 0.548. The van der Waals surface area contributed by atoms with E-state index in [0.717, 1.165) is 48.0 Å². The fraction of sp³-hybridized carbons (Fsp3) is 0.300. The first-order chi connectivity index (χ1) is 13.9. The first-order valence-electron chi connectivity index (χ1n) is 9.31. The Balaban J connectivity index is 1.43. The molecule has 1 N–H and O–H groups in total. The van der Waals surface area contributed by atoms with Crippen molar-refractivity contribution < 1.29 is 17.2 Å². The van der Waals surface area contributed by atoms with Gasteiger partial charge in [0.2, 0.25) is 10.0 Å². The van der Waals surface area contributed by atoms with Crippen molar-refractivity contribution in [2.45, 2.75) is 31.1 Å². The minimum Gasteiger partial charge on any atom is -0.267 e. The van der Waals surface area contributed by atoms with Gasteiger partial charge in [0.05, 0.1) is 18.0 Å². The van der Waals surface area contributed by atoms with E-state index in [2.05, 4.69) is 14.8 Å². The molecule has 4 rings (SSSR count). The highest BCUT2D eigenvalue weighted by Gasteiger charge is 2.28. The summed E-state index contributed by atoms with van der Waals surface area (Å²) < 4.78 is 55.8. The van der Waals surface area contributed by atoms with Gasteiger partial charge < -0.3 is 0 Å². The van der Waals surface area contributed by atoms with Crippen molar-refractivity contribution in [3.05, 3.63) is 71.7 Å². The van der Waals surface area contributed by atoms with E-state index in [4.69, 9.17) is 0 Å². The lowest BCUT2D eigenvalue weighted by Gasteiger charge is -2.10. The van der Waals surface area contributed by atoms with Gasteiger partial charge in [-0.05, 0) is 49.2 Å². The van der Waals surface area contributed by atoms with Gasteiger partial charge in [-0.15, -0.1) is 0 Å². The highest BCUT2D eigenvalue weighted by Crippen LogP contribution is 2.41. The molecule has 0 aliphatic heterocycles. The minimum atomic E-state index is -3.81. The average molecular weight is 418 g/mol. The third-order valence-corrected chi connectivity index (χ3v) is 6.12. The zero-order valence-electron chi connectivity index (χ0n) is 15.6. The van der Waals surface area contributed by atoms with Gasteiger partial charge in [-0.1, -0.05) is 0 Å². The topological polar surface area (TPSA) is 76.9 Å². The molecular weight excluding hydrogens is 398 g/mol. The molecule has 0 saturated heterocycles. The highest BCUT2D eigenvalue weighted by atomic mass is 32.2. The smallest absolute Gasteiger partial charge is 0.215 e. The lowest BCUT2D eigenvalue weighted by atomic mass is 10.2. The van der Waals surface area contributed by atoms with E-state index in [9.17, 15) is 17.2 Å². The molecule has 0 amide bonds. The summed E-state index contributed by atoms with van der Waals surface area (Å²) in [5.41, 5.74) is 2.64. The maximum absolute atomic E-state index is 13.7. The van der Waals surface area contributed by atoms with E-state index >= 15 is 0 Å². The first kappa shape index (κ1) is 19.7. The Labute approximate surface area is 167 Å². The van der Waals surface area contributed by atoms with Crippen LogP contribution in [0.5, 0.6) is 0 Å². The molecule has 6 nitrogen and oxygen atoms in total. The van der Waals surface area contributed by atoms with E-state index in [1.54, 1.807) is 12.4 Å². The number of nitrogens with one attached hydrogen (secondary N) is 1. The monoisotopic (exact) mass is 418 g/mol. The molecular formula is C20H20F2N4O2S. The molecule has 152 valence electrons. The number of hydrogen-bond acceptors (Lipinski definition) is 4. The lowest BCUT2D eigenvalue weighted by Crippen LogP contribution is -2.29. The number of nitrogens with zero attached hydrogens (tertiary/aromatic N) is 3. The molecule has 9 heteroatoms. The van der Waals surface area contributed by atoms with Gasteiger partial charge in [0.25, 0.3) is 0 Å². The molecule has 2 aromatic heterocycles. The molecule has 3 aromatic rings. The van der Waals surface area contributed by atoms with Crippen molar-refractivity contribution in [2.75, 3.05) is 6.54 Å². The summed E-state index contributed by atoms with van der Waals surface area (Å²) >= 11 is 0. The van der Waals surface area contributed by atoms with Crippen molar-refractivity contribution >= 4 is 10.0 Å². The second-order valence-corrected chi connectivity index (χ2v) is 8.88. The zero-order chi connectivity index (χ0) is 20.4. The molecule has 29 heavy (non-hydrogen) atoms. The van der Waals surface area contributed by atoms with Gasteiger partial charge in [-0.3, -0.25) is 9.67 Å². The summed E-state index contributed by atoms with van der Waals surface area (Å²) in [6.07, 6.45) is 5.58. The summed E-state index contributed by atoms with van der Waals surface area (Å²) in [6, 6.07) is 8.56. The molecule has 0 radical (unpaired) electrons. The Bertz CT molecular complexity index is 1110. The van der Waals surface area contributed by atoms with Crippen LogP contribution in [0.4, 0.5) is 8.78 Å². The van der Waals surface area contributed by atoms with Crippen LogP contribution in [0.15, 0.2) is 48.8 Å². The molecule has 0 unspecified atom stereocenters. The van der Waals surface area contributed by atoms with Crippen LogP contribution >= 0.6 is 0 Å². The van der Waals surface area contributed by atoms with Crippen LogP contribution in [0.2, 0.25) is 0 Å². The van der Waals surface area contributed by atoms with Crippen LogP contribution in [0.25, 0.3) is 11.3 Å². The fourth-order valence-corrected chi connectivity index (χ4v) is 4.33. The zero-order valence-corrected chi connectivity index (χ0v) is 16.4. The summed E-state index contributed by atoms with van der Waals surface area (Å²) in [4.78, 5) is 4.01. The van der Waals surface area contributed by atoms with Crippen molar-refractivity contribution in [2.24, 2.45) is 0 Å². The van der Waals surface area contributed by atoms with Crippen LogP contribution in [0, 0.1) is 11.6 Å². The number of rotatable bonds is 8. The third-order valence-electron chi connectivity index (χ3n) is 4.78. The number of benzene rings is 1. The Morgan fingerprint density at radius 1 is 1.10 bits per heavy atom. The average Bonchev–Trinajstić information content (AvgIpc) is 3.45. The molecule has 0 spiro atoms. The van der Waals surface area contributed by atoms with Crippen molar-refractivity contribution in [1.82, 2.24) is 19.5 Å². The third kappa shape index (κ3) is 4.86. The second kappa shape index (κ2) is 8.00. The fourth-order valence-electron chi connectivity index (χ4n) is 3.20. The highest BCUT2D eigenvalue weighted by molar-refractivity contribution is 7.88. The van der Waals surface area contributed by atoms with Crippen molar-refractivity contribution in [3.8, 4) is 11.3 Å². The number of aromatic nitrogens is 3. The normalized spacial score (nSPS) is 14.3. The Kier molecular flexibility index (Phi) is 5.42. The predicted molar refractivity (Wildman–Crippen MR) is 104 cm³/mol. The summed E-state index contributed by atoms with van der Waals surface area (Å²) in [5, 5.41) is 4.62. The molecule has 1 saturated carbocycles. The number of halogens is 2. The quantitative estimate of drug-likeness (QED) is 0.609. The Hall–Kier alpha value is -2.65. The van der Waals surface area contributed by atoms with E-state index in [1.165, 1.54) is 0 Å². The molecule has 1 aromatic carbocycles. The largest absolute Gasteiger partial charge is 0.267 e. The maximum Gasteiger partial charge on any atom is 0.215 e. The van der Waals surface area contributed by atoms with Gasteiger partial charge in [0, 0.05) is 41.7 Å². The SMILES string of the molecule is O=S(=O)(Cc1cc(F)ccc1F)NCCn1nc(-c2ccncc2)cc1C1CC1. The van der Waals surface area contributed by atoms with E-state index < -0.39 is 27.4 Å². The van der Waals surface area contributed by atoms with Crippen molar-refractivity contribution in [1.29, 1.82) is 0 Å². The summed E-state index contributed by atoms with van der Waals surface area (Å²) in [7, 11) is -3.81. The Morgan fingerprint density at radius 2 is 1.86 bits per heavy atom. The molecule has 0 atom stereocenters. The first-order valence-corrected chi connectivity index (χ1v) is 11.0. The van der Waals surface area contributed by atoms with E-state index in [-0.39, 0.29) is 12.1 Å². The molecule has 1 aliphatic rings. The van der Waals surface area contributed by atoms with Crippen LogP contribution in [-0.4, -0.2) is 29.7 Å². The second-order valence-electron chi connectivity index (χ2n) is 7.08. The number of sulfonamides is 1. The maximum atomic E-state index is 13.7. The van der Waals surface area contributed by atoms with Gasteiger partial charge in [-0.25, -0.2) is 21.9 Å². The molecule has 1 aliphatic carbocycles. The van der Waals surface area contributed by atoms with Crippen LogP contribution in [0.1, 0.15) is 30.0 Å². The van der Waals surface area contributed by atoms with Gasteiger partial charge in [0.1, 0.15) is 11.6 Å². The van der Waals surface area contributed by atoms with Crippen LogP contribution < -0.4 is 4.72 Å². The van der Waals surface area contributed by atoms with Crippen LogP contribution in [-0.2, 0) is 22.3 Å². The standard InChI is InChI=1S/C20H20F2N4O2S/c21-17-3-4-18(22)16(11-17)13-29(27,28)24-9-10-26-20(15-1-2-15)12-19(25-26)14-5-7-23-8-6-14/h3-8,11-12,15,24H,1-2,9-10,13H2.